The fraction of sp³-hybridized carbons (Fsp3) is 0.0833. The molecule has 2 heterocycles. The monoisotopic (exact) mass is 271 g/mol. The number of nitro benzene ring substituents is 1. The standard InChI is InChI=1S/C12H9N5O3/c18-17(19)9-4-1-5-10-11(9)15-12(20-10)13-7-8-3-2-6-14-16-8/h1-6H,7H2,(H,13,15). The van der Waals surface area contributed by atoms with Gasteiger partial charge in [0.05, 0.1) is 17.2 Å². The maximum atomic E-state index is 10.9. The zero-order valence-corrected chi connectivity index (χ0v) is 10.2. The molecule has 8 heteroatoms. The summed E-state index contributed by atoms with van der Waals surface area (Å²) in [7, 11) is 0. The average Bonchev–Trinajstić information content (AvgIpc) is 2.88. The van der Waals surface area contributed by atoms with Crippen molar-refractivity contribution in [2.75, 3.05) is 5.32 Å². The van der Waals surface area contributed by atoms with Gasteiger partial charge in [0.1, 0.15) is 0 Å². The number of anilines is 1. The number of nitrogens with zero attached hydrogens (tertiary/aromatic N) is 4. The summed E-state index contributed by atoms with van der Waals surface area (Å²) < 4.78 is 5.41. The van der Waals surface area contributed by atoms with Crippen molar-refractivity contribution in [3.05, 3.63) is 52.3 Å². The van der Waals surface area contributed by atoms with Crippen LogP contribution in [0.25, 0.3) is 11.1 Å². The number of rotatable bonds is 4. The van der Waals surface area contributed by atoms with Crippen molar-refractivity contribution in [3.8, 4) is 0 Å². The number of nitro groups is 1. The van der Waals surface area contributed by atoms with Gasteiger partial charge in [-0.3, -0.25) is 10.1 Å². The van der Waals surface area contributed by atoms with Crippen molar-refractivity contribution in [1.29, 1.82) is 0 Å². The Balaban J connectivity index is 1.86. The molecule has 8 nitrogen and oxygen atoms in total. The second kappa shape index (κ2) is 4.92. The van der Waals surface area contributed by atoms with Crippen molar-refractivity contribution in [3.63, 3.8) is 0 Å². The molecule has 1 aromatic carbocycles. The molecule has 0 aliphatic heterocycles. The predicted molar refractivity (Wildman–Crippen MR) is 70.0 cm³/mol. The second-order valence-corrected chi connectivity index (χ2v) is 3.97. The van der Waals surface area contributed by atoms with Crippen molar-refractivity contribution < 1.29 is 9.34 Å². The Hall–Kier alpha value is -3.03. The van der Waals surface area contributed by atoms with E-state index < -0.39 is 4.92 Å². The molecule has 0 fully saturated rings. The smallest absolute Gasteiger partial charge is 0.298 e. The summed E-state index contributed by atoms with van der Waals surface area (Å²) in [5.41, 5.74) is 1.21. The molecule has 0 amide bonds. The third kappa shape index (κ3) is 2.26. The van der Waals surface area contributed by atoms with E-state index in [1.54, 1.807) is 30.5 Å². The highest BCUT2D eigenvalue weighted by atomic mass is 16.6. The Labute approximate surface area is 112 Å². The lowest BCUT2D eigenvalue weighted by molar-refractivity contribution is -0.383. The maximum absolute atomic E-state index is 10.9. The zero-order valence-electron chi connectivity index (χ0n) is 10.2. The molecule has 3 rings (SSSR count). The summed E-state index contributed by atoms with van der Waals surface area (Å²) in [4.78, 5) is 14.5. The maximum Gasteiger partial charge on any atom is 0.298 e. The fourth-order valence-electron chi connectivity index (χ4n) is 1.75. The van der Waals surface area contributed by atoms with Crippen molar-refractivity contribution in [2.45, 2.75) is 6.54 Å². The van der Waals surface area contributed by atoms with Gasteiger partial charge in [-0.15, -0.1) is 0 Å². The van der Waals surface area contributed by atoms with E-state index in [2.05, 4.69) is 20.5 Å². The molecule has 0 spiro atoms. The van der Waals surface area contributed by atoms with Crippen molar-refractivity contribution in [2.24, 2.45) is 0 Å². The van der Waals surface area contributed by atoms with E-state index in [1.165, 1.54) is 6.07 Å². The summed E-state index contributed by atoms with van der Waals surface area (Å²) in [5, 5.41) is 21.5. The van der Waals surface area contributed by atoms with Crippen LogP contribution in [0.2, 0.25) is 0 Å². The van der Waals surface area contributed by atoms with Crippen LogP contribution < -0.4 is 5.32 Å². The summed E-state index contributed by atoms with van der Waals surface area (Å²) in [6, 6.07) is 8.34. The van der Waals surface area contributed by atoms with Gasteiger partial charge in [0, 0.05) is 12.3 Å². The van der Waals surface area contributed by atoms with Gasteiger partial charge < -0.3 is 9.73 Å². The van der Waals surface area contributed by atoms with E-state index in [0.717, 1.165) is 0 Å². The Kier molecular flexibility index (Phi) is 2.96. The molecule has 2 aromatic heterocycles. The van der Waals surface area contributed by atoms with Gasteiger partial charge >= 0.3 is 0 Å². The van der Waals surface area contributed by atoms with Crippen LogP contribution in [0.3, 0.4) is 0 Å². The van der Waals surface area contributed by atoms with Crippen LogP contribution in [-0.4, -0.2) is 20.1 Å². The first-order valence-corrected chi connectivity index (χ1v) is 5.78. The highest BCUT2D eigenvalue weighted by molar-refractivity contribution is 5.83. The van der Waals surface area contributed by atoms with Gasteiger partial charge in [-0.2, -0.15) is 15.2 Å². The summed E-state index contributed by atoms with van der Waals surface area (Å²) >= 11 is 0. The van der Waals surface area contributed by atoms with Crippen LogP contribution in [0.5, 0.6) is 0 Å². The van der Waals surface area contributed by atoms with Gasteiger partial charge in [0.25, 0.3) is 11.7 Å². The summed E-state index contributed by atoms with van der Waals surface area (Å²) in [5.74, 6) is 0. The van der Waals surface area contributed by atoms with Crippen LogP contribution in [0.15, 0.2) is 40.9 Å². The molecule has 0 atom stereocenters. The first-order chi connectivity index (χ1) is 9.74. The van der Waals surface area contributed by atoms with E-state index in [9.17, 15) is 10.1 Å². The minimum absolute atomic E-state index is 0.0844. The third-order valence-electron chi connectivity index (χ3n) is 2.64. The predicted octanol–water partition coefficient (Wildman–Crippen LogP) is 2.14. The Bertz CT molecular complexity index is 756. The Morgan fingerprint density at radius 2 is 2.20 bits per heavy atom. The van der Waals surface area contributed by atoms with E-state index in [4.69, 9.17) is 4.42 Å². The summed E-state index contributed by atoms with van der Waals surface area (Å²) in [6.07, 6.45) is 1.58. The van der Waals surface area contributed by atoms with Crippen molar-refractivity contribution in [1.82, 2.24) is 15.2 Å². The normalized spacial score (nSPS) is 10.6. The highest BCUT2D eigenvalue weighted by Gasteiger charge is 2.17. The molecule has 1 N–H and O–H groups in total. The zero-order chi connectivity index (χ0) is 13.9. The molecule has 0 saturated carbocycles. The molecule has 0 unspecified atom stereocenters. The lowest BCUT2D eigenvalue weighted by Crippen LogP contribution is -2.02. The largest absolute Gasteiger partial charge is 0.423 e. The van der Waals surface area contributed by atoms with Gasteiger partial charge in [-0.25, -0.2) is 0 Å². The molecule has 0 aliphatic rings. The molecule has 100 valence electrons. The Morgan fingerprint density at radius 3 is 2.95 bits per heavy atom. The molecule has 3 aromatic rings. The van der Waals surface area contributed by atoms with Crippen LogP contribution in [0.1, 0.15) is 5.69 Å². The number of hydrogen-bond acceptors (Lipinski definition) is 7. The number of hydrogen-bond donors (Lipinski definition) is 1. The minimum Gasteiger partial charge on any atom is -0.423 e. The third-order valence-corrected chi connectivity index (χ3v) is 2.64. The number of non-ortho nitro benzene ring substituents is 1. The van der Waals surface area contributed by atoms with Crippen molar-refractivity contribution >= 4 is 22.8 Å². The average molecular weight is 271 g/mol. The number of para-hydroxylation sites is 1. The van der Waals surface area contributed by atoms with Gasteiger partial charge in [-0.1, -0.05) is 6.07 Å². The molecule has 20 heavy (non-hydrogen) atoms. The van der Waals surface area contributed by atoms with Crippen LogP contribution in [0.4, 0.5) is 11.7 Å². The summed E-state index contributed by atoms with van der Waals surface area (Å²) in [6.45, 7) is 0.370. The lowest BCUT2D eigenvalue weighted by atomic mass is 10.3. The first-order valence-electron chi connectivity index (χ1n) is 5.78. The molecule has 0 bridgehead atoms. The van der Waals surface area contributed by atoms with Gasteiger partial charge in [-0.05, 0) is 18.2 Å². The number of fused-ring (bicyclic) bond motifs is 1. The number of aromatic nitrogens is 3. The Morgan fingerprint density at radius 1 is 1.30 bits per heavy atom. The van der Waals surface area contributed by atoms with E-state index in [0.29, 0.717) is 17.8 Å². The molecule has 0 radical (unpaired) electrons. The minimum atomic E-state index is -0.489. The second-order valence-electron chi connectivity index (χ2n) is 3.97. The number of benzene rings is 1. The van der Waals surface area contributed by atoms with E-state index in [1.807, 2.05) is 0 Å². The highest BCUT2D eigenvalue weighted by Crippen LogP contribution is 2.27. The van der Waals surface area contributed by atoms with Gasteiger partial charge in [0.2, 0.25) is 0 Å². The lowest BCUT2D eigenvalue weighted by Gasteiger charge is -1.98. The van der Waals surface area contributed by atoms with Crippen LogP contribution in [-0.2, 0) is 6.54 Å². The quantitative estimate of drug-likeness (QED) is 0.572. The number of nitrogens with one attached hydrogen (secondary N) is 1. The SMILES string of the molecule is O=[N+]([O-])c1cccc2oc(NCc3cccnn3)nc12. The molecular weight excluding hydrogens is 262 g/mol. The van der Waals surface area contributed by atoms with E-state index >= 15 is 0 Å². The van der Waals surface area contributed by atoms with Crippen LogP contribution in [0, 0.1) is 10.1 Å². The fourth-order valence-corrected chi connectivity index (χ4v) is 1.75. The molecule has 0 saturated heterocycles. The first kappa shape index (κ1) is 12.0. The molecular formula is C12H9N5O3. The van der Waals surface area contributed by atoms with Gasteiger partial charge in [0.15, 0.2) is 11.1 Å². The topological polar surface area (TPSA) is 107 Å². The van der Waals surface area contributed by atoms with E-state index in [-0.39, 0.29) is 17.2 Å². The number of oxazole rings is 1. The van der Waals surface area contributed by atoms with Crippen LogP contribution >= 0.6 is 0 Å². The molecule has 0 aliphatic carbocycles.